The van der Waals surface area contributed by atoms with E-state index >= 15 is 0 Å². The average molecular weight is 750 g/mol. The van der Waals surface area contributed by atoms with Gasteiger partial charge in [0.15, 0.2) is 0 Å². The van der Waals surface area contributed by atoms with Crippen molar-refractivity contribution in [2.75, 3.05) is 0 Å². The van der Waals surface area contributed by atoms with E-state index in [0.29, 0.717) is 0 Å². The number of hydrogen-bond acceptors (Lipinski definition) is 0. The van der Waals surface area contributed by atoms with Crippen LogP contribution in [-0.4, -0.2) is 71.6 Å². The SMILES string of the molecule is FC(F)(F)C(F)(F)C(F)(F)C(F)(F)C(F)(F)C(F)(F)CCCCCCCCC(F)(F)C(F)(F)C(F)(F)C(F)(F)C(F)(F)C(F)(F)F. The Hall–Kier alpha value is -1.82. The van der Waals surface area contributed by atoms with E-state index < -0.39 is 123 Å². The highest BCUT2D eigenvalue weighted by Gasteiger charge is 2.91. The lowest BCUT2D eigenvalue weighted by Gasteiger charge is -2.39. The molecule has 0 saturated carbocycles. The van der Waals surface area contributed by atoms with Crippen LogP contribution in [0, 0.1) is 0 Å². The number of alkyl halides is 26. The molecule has 0 saturated heterocycles. The summed E-state index contributed by atoms with van der Waals surface area (Å²) in [4.78, 5) is 0. The van der Waals surface area contributed by atoms with Gasteiger partial charge in [-0.25, -0.2) is 0 Å². The maximum Gasteiger partial charge on any atom is 0.460 e. The van der Waals surface area contributed by atoms with Gasteiger partial charge in [0.25, 0.3) is 0 Å². The molecule has 0 nitrogen and oxygen atoms in total. The molecule has 0 aliphatic heterocycles. The molecule has 0 radical (unpaired) electrons. The number of rotatable bonds is 17. The van der Waals surface area contributed by atoms with Crippen LogP contribution >= 0.6 is 0 Å². The lowest BCUT2D eigenvalue weighted by Crippen LogP contribution is -2.70. The summed E-state index contributed by atoms with van der Waals surface area (Å²) >= 11 is 0. The van der Waals surface area contributed by atoms with Crippen LogP contribution in [0.25, 0.3) is 0 Å². The van der Waals surface area contributed by atoms with E-state index in [1.807, 2.05) is 0 Å². The summed E-state index contributed by atoms with van der Waals surface area (Å²) in [6.45, 7) is 0. The summed E-state index contributed by atoms with van der Waals surface area (Å²) in [5.74, 6) is -76.2. The van der Waals surface area contributed by atoms with E-state index in [2.05, 4.69) is 0 Å². The van der Waals surface area contributed by atoms with E-state index in [0.717, 1.165) is 0 Å². The molecule has 0 amide bonds. The number of halogens is 26. The Morgan fingerprint density at radius 1 is 0.196 bits per heavy atom. The van der Waals surface area contributed by atoms with Crippen molar-refractivity contribution in [3.8, 4) is 0 Å². The van der Waals surface area contributed by atoms with Gasteiger partial charge in [0.1, 0.15) is 0 Å². The molecule has 0 fully saturated rings. The minimum atomic E-state index is -8.14. The third-order valence-electron chi connectivity index (χ3n) is 6.23. The highest BCUT2D eigenvalue weighted by Crippen LogP contribution is 2.62. The van der Waals surface area contributed by atoms with Gasteiger partial charge < -0.3 is 0 Å². The zero-order valence-corrected chi connectivity index (χ0v) is 21.5. The van der Waals surface area contributed by atoms with Crippen molar-refractivity contribution in [3.05, 3.63) is 0 Å². The van der Waals surface area contributed by atoms with Gasteiger partial charge in [-0.1, -0.05) is 25.7 Å². The molecule has 46 heavy (non-hydrogen) atoms. The quantitative estimate of drug-likeness (QED) is 0.103. The van der Waals surface area contributed by atoms with Crippen molar-refractivity contribution in [2.45, 2.75) is 123 Å². The molecule has 0 aliphatic rings. The highest BCUT2D eigenvalue weighted by molar-refractivity contribution is 5.11. The lowest BCUT2D eigenvalue weighted by atomic mass is 9.91. The van der Waals surface area contributed by atoms with Crippen LogP contribution in [0.15, 0.2) is 0 Å². The summed E-state index contributed by atoms with van der Waals surface area (Å²) in [5.41, 5.74) is 0. The van der Waals surface area contributed by atoms with Crippen molar-refractivity contribution in [1.29, 1.82) is 0 Å². The summed E-state index contributed by atoms with van der Waals surface area (Å²) in [6.07, 6.45) is -26.8. The summed E-state index contributed by atoms with van der Waals surface area (Å²) < 4.78 is 338. The van der Waals surface area contributed by atoms with Crippen LogP contribution in [0.5, 0.6) is 0 Å². The molecular weight excluding hydrogens is 734 g/mol. The van der Waals surface area contributed by atoms with Crippen molar-refractivity contribution < 1.29 is 114 Å². The minimum absolute atomic E-state index is 0.728. The molecule has 0 unspecified atom stereocenters. The zero-order valence-electron chi connectivity index (χ0n) is 21.5. The molecule has 0 aromatic rings. The van der Waals surface area contributed by atoms with Crippen LogP contribution in [0.4, 0.5) is 114 Å². The molecule has 0 aromatic heterocycles. The fraction of sp³-hybridized carbons (Fsp3) is 1.00. The number of unbranched alkanes of at least 4 members (excludes halogenated alkanes) is 5. The normalized spacial score (nSPS) is 16.3. The maximum absolute atomic E-state index is 13.6. The second-order valence-electron chi connectivity index (χ2n) is 9.62. The Labute approximate surface area is 238 Å². The highest BCUT2D eigenvalue weighted by atomic mass is 19.4. The fourth-order valence-corrected chi connectivity index (χ4v) is 3.32. The second-order valence-corrected chi connectivity index (χ2v) is 9.62. The van der Waals surface area contributed by atoms with Crippen molar-refractivity contribution in [2.24, 2.45) is 0 Å². The molecule has 0 spiro atoms. The van der Waals surface area contributed by atoms with Gasteiger partial charge in [-0.15, -0.1) is 0 Å². The zero-order chi connectivity index (χ0) is 37.7. The summed E-state index contributed by atoms with van der Waals surface area (Å²) in [6, 6.07) is 0. The topological polar surface area (TPSA) is 0 Å². The van der Waals surface area contributed by atoms with Crippen molar-refractivity contribution >= 4 is 0 Å². The Morgan fingerprint density at radius 2 is 0.370 bits per heavy atom. The largest absolute Gasteiger partial charge is 0.460 e. The predicted octanol–water partition coefficient (Wildman–Crippen LogP) is 11.6. The van der Waals surface area contributed by atoms with Crippen LogP contribution in [-0.2, 0) is 0 Å². The van der Waals surface area contributed by atoms with Crippen LogP contribution in [0.3, 0.4) is 0 Å². The smallest absolute Gasteiger partial charge is 0.200 e. The first kappa shape index (κ1) is 44.2. The monoisotopic (exact) mass is 750 g/mol. The second kappa shape index (κ2) is 12.6. The first-order chi connectivity index (χ1) is 19.7. The molecule has 278 valence electrons. The molecular formula is C20H16F26. The molecule has 0 N–H and O–H groups in total. The predicted molar refractivity (Wildman–Crippen MR) is 98.5 cm³/mol. The van der Waals surface area contributed by atoms with Gasteiger partial charge >= 0.3 is 71.6 Å². The number of hydrogen-bond donors (Lipinski definition) is 0. The molecule has 26 heteroatoms. The molecule has 0 bridgehead atoms. The van der Waals surface area contributed by atoms with Gasteiger partial charge in [-0.2, -0.15) is 114 Å². The third-order valence-corrected chi connectivity index (χ3v) is 6.23. The van der Waals surface area contributed by atoms with Gasteiger partial charge in [-0.05, 0) is 12.8 Å². The average Bonchev–Trinajstić information content (AvgIpc) is 2.83. The Morgan fingerprint density at radius 3 is 0.565 bits per heavy atom. The minimum Gasteiger partial charge on any atom is -0.200 e. The Bertz CT molecular complexity index is 918. The molecule has 0 heterocycles. The standard InChI is InChI=1S/C20H16F26/c21-9(22,11(25,26)13(29,30)15(33,34)17(37,38)19(41,42)43)7-5-3-1-2-4-6-8-10(23,24)12(27,28)14(31,32)16(35,36)18(39,40)20(44,45)46/h1-8H2. The van der Waals surface area contributed by atoms with Gasteiger partial charge in [0.05, 0.1) is 0 Å². The molecule has 0 rings (SSSR count). The van der Waals surface area contributed by atoms with E-state index in [4.69, 9.17) is 0 Å². The van der Waals surface area contributed by atoms with E-state index in [9.17, 15) is 114 Å². The van der Waals surface area contributed by atoms with Crippen molar-refractivity contribution in [1.82, 2.24) is 0 Å². The Balaban J connectivity index is 5.30. The maximum atomic E-state index is 13.6. The third kappa shape index (κ3) is 6.99. The van der Waals surface area contributed by atoms with E-state index in [1.165, 1.54) is 0 Å². The van der Waals surface area contributed by atoms with Gasteiger partial charge in [0.2, 0.25) is 0 Å². The molecule has 0 aliphatic carbocycles. The van der Waals surface area contributed by atoms with E-state index in [-0.39, 0.29) is 0 Å². The van der Waals surface area contributed by atoms with Crippen molar-refractivity contribution in [3.63, 3.8) is 0 Å². The van der Waals surface area contributed by atoms with Crippen LogP contribution in [0.2, 0.25) is 0 Å². The van der Waals surface area contributed by atoms with Gasteiger partial charge in [0, 0.05) is 12.8 Å². The fourth-order valence-electron chi connectivity index (χ4n) is 3.32. The van der Waals surface area contributed by atoms with E-state index in [1.54, 1.807) is 0 Å². The van der Waals surface area contributed by atoms with Crippen LogP contribution in [0.1, 0.15) is 51.4 Å². The van der Waals surface area contributed by atoms with Crippen LogP contribution < -0.4 is 0 Å². The molecule has 0 aromatic carbocycles. The first-order valence-corrected chi connectivity index (χ1v) is 11.6. The Kier molecular flexibility index (Phi) is 12.1. The van der Waals surface area contributed by atoms with Gasteiger partial charge in [-0.3, -0.25) is 0 Å². The molecule has 0 atom stereocenters. The summed E-state index contributed by atoms with van der Waals surface area (Å²) in [5, 5.41) is 0. The summed E-state index contributed by atoms with van der Waals surface area (Å²) in [7, 11) is 0. The first-order valence-electron chi connectivity index (χ1n) is 11.6. The lowest BCUT2D eigenvalue weighted by molar-refractivity contribution is -0.440.